The van der Waals surface area contributed by atoms with Gasteiger partial charge in [0.25, 0.3) is 11.8 Å². The monoisotopic (exact) mass is 567 g/mol. The fraction of sp³-hybridized carbons (Fsp3) is 0.212. The lowest BCUT2D eigenvalue weighted by molar-refractivity contribution is 0.0746. The quantitative estimate of drug-likeness (QED) is 0.316. The third-order valence-electron chi connectivity index (χ3n) is 7.82. The Bertz CT molecular complexity index is 1700. The molecule has 41 heavy (non-hydrogen) atoms. The molecule has 2 amide bonds. The number of carbonyl (C=O) groups is 2. The number of piperazine rings is 1. The minimum atomic E-state index is -1.66. The first kappa shape index (κ1) is 26.9. The van der Waals surface area contributed by atoms with Gasteiger partial charge in [-0.1, -0.05) is 42.5 Å². The van der Waals surface area contributed by atoms with Crippen LogP contribution in [-0.2, 0) is 17.3 Å². The van der Waals surface area contributed by atoms with Crippen LogP contribution in [0.25, 0.3) is 0 Å². The van der Waals surface area contributed by atoms with Gasteiger partial charge in [-0.15, -0.1) is 0 Å². The van der Waals surface area contributed by atoms with Gasteiger partial charge < -0.3 is 14.7 Å². The predicted molar refractivity (Wildman–Crippen MR) is 159 cm³/mol. The summed E-state index contributed by atoms with van der Waals surface area (Å²) in [5.74, 6) is -0.976. The van der Waals surface area contributed by atoms with E-state index in [0.717, 1.165) is 0 Å². The summed E-state index contributed by atoms with van der Waals surface area (Å²) in [6.07, 6.45) is 0. The Morgan fingerprint density at radius 3 is 2.34 bits per heavy atom. The van der Waals surface area contributed by atoms with Crippen LogP contribution in [0.1, 0.15) is 37.4 Å². The number of hydrogen-bond donors (Lipinski definition) is 0. The van der Waals surface area contributed by atoms with Crippen molar-refractivity contribution in [2.24, 2.45) is 0 Å². The van der Waals surface area contributed by atoms with E-state index in [1.165, 1.54) is 27.8 Å². The van der Waals surface area contributed by atoms with Crippen molar-refractivity contribution in [3.05, 3.63) is 119 Å². The van der Waals surface area contributed by atoms with Gasteiger partial charge in [-0.25, -0.2) is 8.60 Å². The van der Waals surface area contributed by atoms with Crippen molar-refractivity contribution in [3.8, 4) is 0 Å². The van der Waals surface area contributed by atoms with Crippen molar-refractivity contribution in [2.75, 3.05) is 36.0 Å². The van der Waals surface area contributed by atoms with E-state index in [1.807, 2.05) is 4.90 Å². The standard InChI is InChI=1S/C33H30FN3O3S/c1-22-11-12-23(2)28(19-22)35-15-17-36(18-16-35)32(38)24-13-14-31-29(20-24)37(21-25-7-3-5-9-27(25)34)33(39)26-8-4-6-10-30(26)41(31)40/h3-14,19-20H,15-18,21H2,1-2H3/t41-/m0/s1. The SMILES string of the molecule is Cc1ccc(C)c(N2CCN(C(=O)c3ccc4c(c3)N(Cc3ccccc3F)C(=O)c3ccccc3[S@@]4=O)CC2)c1. The maximum Gasteiger partial charge on any atom is 0.259 e. The number of fused-ring (bicyclic) bond motifs is 2. The van der Waals surface area contributed by atoms with Crippen LogP contribution in [0.4, 0.5) is 15.8 Å². The van der Waals surface area contributed by atoms with E-state index in [1.54, 1.807) is 60.7 Å². The molecule has 4 aromatic carbocycles. The molecule has 2 heterocycles. The number of rotatable bonds is 4. The van der Waals surface area contributed by atoms with Crippen LogP contribution in [0.2, 0.25) is 0 Å². The molecule has 2 aliphatic rings. The number of halogens is 1. The largest absolute Gasteiger partial charge is 0.368 e. The summed E-state index contributed by atoms with van der Waals surface area (Å²) in [7, 11) is -1.66. The zero-order valence-electron chi connectivity index (χ0n) is 23.0. The smallest absolute Gasteiger partial charge is 0.259 e. The van der Waals surface area contributed by atoms with Crippen LogP contribution in [0.3, 0.4) is 0 Å². The molecular formula is C33H30FN3O3S. The summed E-state index contributed by atoms with van der Waals surface area (Å²) >= 11 is 0. The topological polar surface area (TPSA) is 60.9 Å². The first-order valence-corrected chi connectivity index (χ1v) is 14.8. The highest BCUT2D eigenvalue weighted by Gasteiger charge is 2.33. The molecule has 0 radical (unpaired) electrons. The van der Waals surface area contributed by atoms with Gasteiger partial charge in [0, 0.05) is 43.0 Å². The van der Waals surface area contributed by atoms with E-state index < -0.39 is 16.6 Å². The molecule has 0 N–H and O–H groups in total. The summed E-state index contributed by atoms with van der Waals surface area (Å²) in [5.41, 5.74) is 4.97. The number of hydrogen-bond acceptors (Lipinski definition) is 4. The Kier molecular flexibility index (Phi) is 7.17. The molecule has 1 saturated heterocycles. The molecule has 0 unspecified atom stereocenters. The average Bonchev–Trinajstić information content (AvgIpc) is 3.08. The van der Waals surface area contributed by atoms with Crippen LogP contribution < -0.4 is 9.80 Å². The normalized spacial score (nSPS) is 16.7. The number of aryl methyl sites for hydroxylation is 2. The Hall–Kier alpha value is -4.30. The minimum absolute atomic E-state index is 0.0593. The average molecular weight is 568 g/mol. The fourth-order valence-electron chi connectivity index (χ4n) is 5.54. The molecule has 6 nitrogen and oxygen atoms in total. The molecule has 0 bridgehead atoms. The highest BCUT2D eigenvalue weighted by Crippen LogP contribution is 2.36. The molecule has 4 aromatic rings. The molecule has 2 aliphatic heterocycles. The maximum atomic E-state index is 14.7. The van der Waals surface area contributed by atoms with Crippen LogP contribution >= 0.6 is 0 Å². The van der Waals surface area contributed by atoms with Gasteiger partial charge in [-0.05, 0) is 67.4 Å². The summed E-state index contributed by atoms with van der Waals surface area (Å²) < 4.78 is 28.4. The third-order valence-corrected chi connectivity index (χ3v) is 9.32. The Morgan fingerprint density at radius 2 is 1.56 bits per heavy atom. The molecule has 0 saturated carbocycles. The van der Waals surface area contributed by atoms with Gasteiger partial charge in [0.1, 0.15) is 5.82 Å². The number of anilines is 2. The lowest BCUT2D eigenvalue weighted by Crippen LogP contribution is -2.49. The Labute approximate surface area is 241 Å². The molecule has 0 spiro atoms. The minimum Gasteiger partial charge on any atom is -0.368 e. The van der Waals surface area contributed by atoms with E-state index in [0.29, 0.717) is 58.3 Å². The van der Waals surface area contributed by atoms with Gasteiger partial charge in [0.05, 0.1) is 38.4 Å². The van der Waals surface area contributed by atoms with Gasteiger partial charge in [0.15, 0.2) is 0 Å². The van der Waals surface area contributed by atoms with Crippen molar-refractivity contribution in [1.82, 2.24) is 4.90 Å². The summed E-state index contributed by atoms with van der Waals surface area (Å²) in [4.78, 5) is 33.9. The van der Waals surface area contributed by atoms with E-state index in [4.69, 9.17) is 0 Å². The number of nitrogens with zero attached hydrogens (tertiary/aromatic N) is 3. The first-order valence-electron chi connectivity index (χ1n) is 13.6. The lowest BCUT2D eigenvalue weighted by Gasteiger charge is -2.37. The van der Waals surface area contributed by atoms with E-state index in [9.17, 15) is 18.2 Å². The molecule has 0 aliphatic carbocycles. The molecule has 0 aromatic heterocycles. The second-order valence-electron chi connectivity index (χ2n) is 10.5. The van der Waals surface area contributed by atoms with Gasteiger partial charge in [-0.2, -0.15) is 0 Å². The molecule has 8 heteroatoms. The molecule has 6 rings (SSSR count). The second-order valence-corrected chi connectivity index (χ2v) is 11.9. The van der Waals surface area contributed by atoms with E-state index in [2.05, 4.69) is 36.9 Å². The van der Waals surface area contributed by atoms with Crippen molar-refractivity contribution in [3.63, 3.8) is 0 Å². The van der Waals surface area contributed by atoms with Crippen molar-refractivity contribution < 1.29 is 18.2 Å². The molecule has 1 atom stereocenters. The van der Waals surface area contributed by atoms with Gasteiger partial charge in [0.2, 0.25) is 0 Å². The van der Waals surface area contributed by atoms with Crippen molar-refractivity contribution >= 4 is 34.0 Å². The van der Waals surface area contributed by atoms with Crippen molar-refractivity contribution in [2.45, 2.75) is 30.2 Å². The number of carbonyl (C=O) groups excluding carboxylic acids is 2. The summed E-state index contributed by atoms with van der Waals surface area (Å²) in [6.45, 7) is 6.63. The third kappa shape index (κ3) is 5.04. The van der Waals surface area contributed by atoms with Crippen LogP contribution in [0.15, 0.2) is 94.7 Å². The Morgan fingerprint density at radius 1 is 0.829 bits per heavy atom. The highest BCUT2D eigenvalue weighted by atomic mass is 32.2. The van der Waals surface area contributed by atoms with E-state index >= 15 is 0 Å². The summed E-state index contributed by atoms with van der Waals surface area (Å²) in [6, 6.07) is 24.4. The first-order chi connectivity index (χ1) is 19.8. The number of benzene rings is 4. The van der Waals surface area contributed by atoms with Crippen molar-refractivity contribution in [1.29, 1.82) is 0 Å². The zero-order chi connectivity index (χ0) is 28.7. The number of amides is 2. The Balaban J connectivity index is 1.32. The fourth-order valence-corrected chi connectivity index (χ4v) is 6.89. The second kappa shape index (κ2) is 10.9. The lowest BCUT2D eigenvalue weighted by atomic mass is 10.1. The highest BCUT2D eigenvalue weighted by molar-refractivity contribution is 7.85. The van der Waals surface area contributed by atoms with Gasteiger partial charge in [-0.3, -0.25) is 9.59 Å². The summed E-state index contributed by atoms with van der Waals surface area (Å²) in [5, 5.41) is 0. The van der Waals surface area contributed by atoms with Crippen LogP contribution in [-0.4, -0.2) is 47.1 Å². The molecular weight excluding hydrogens is 537 g/mol. The predicted octanol–water partition coefficient (Wildman–Crippen LogP) is 5.73. The van der Waals surface area contributed by atoms with Gasteiger partial charge >= 0.3 is 0 Å². The van der Waals surface area contributed by atoms with E-state index in [-0.39, 0.29) is 18.4 Å². The van der Waals surface area contributed by atoms with Crippen LogP contribution in [0, 0.1) is 19.7 Å². The molecule has 208 valence electrons. The zero-order valence-corrected chi connectivity index (χ0v) is 23.8. The maximum absolute atomic E-state index is 14.7. The molecule has 1 fully saturated rings. The van der Waals surface area contributed by atoms with Crippen LogP contribution in [0.5, 0.6) is 0 Å².